The second-order valence-electron chi connectivity index (χ2n) is 6.22. The molecular formula is C13H22N2O. The van der Waals surface area contributed by atoms with E-state index in [1.54, 1.807) is 6.08 Å². The third kappa shape index (κ3) is 1.88. The van der Waals surface area contributed by atoms with Gasteiger partial charge >= 0.3 is 0 Å². The lowest BCUT2D eigenvalue weighted by Gasteiger charge is -2.63. The lowest BCUT2D eigenvalue weighted by Crippen LogP contribution is -2.75. The summed E-state index contributed by atoms with van der Waals surface area (Å²) in [5.74, 6) is 0.169. The van der Waals surface area contributed by atoms with Gasteiger partial charge in [-0.05, 0) is 33.8 Å². The van der Waals surface area contributed by atoms with Crippen LogP contribution in [0.5, 0.6) is 0 Å². The highest BCUT2D eigenvalue weighted by Crippen LogP contribution is 2.42. The Balaban J connectivity index is 1.81. The first-order valence-electron chi connectivity index (χ1n) is 6.03. The summed E-state index contributed by atoms with van der Waals surface area (Å²) in [4.78, 5) is 16.0. The summed E-state index contributed by atoms with van der Waals surface area (Å²) >= 11 is 0. The predicted octanol–water partition coefficient (Wildman–Crippen LogP) is 1.51. The largest absolute Gasteiger partial charge is 0.338 e. The van der Waals surface area contributed by atoms with Crippen molar-refractivity contribution in [2.75, 3.05) is 26.2 Å². The van der Waals surface area contributed by atoms with Crippen LogP contribution in [0, 0.1) is 5.41 Å². The van der Waals surface area contributed by atoms with E-state index < -0.39 is 0 Å². The van der Waals surface area contributed by atoms with Crippen molar-refractivity contribution < 1.29 is 4.79 Å². The van der Waals surface area contributed by atoms with Gasteiger partial charge in [-0.25, -0.2) is 0 Å². The number of carbonyl (C=O) groups excluding carboxylic acids is 1. The van der Waals surface area contributed by atoms with E-state index in [0.717, 1.165) is 26.2 Å². The van der Waals surface area contributed by atoms with E-state index in [-0.39, 0.29) is 11.4 Å². The van der Waals surface area contributed by atoms with Crippen LogP contribution in [0.2, 0.25) is 0 Å². The van der Waals surface area contributed by atoms with E-state index in [1.165, 1.54) is 0 Å². The van der Waals surface area contributed by atoms with Crippen LogP contribution in [0.15, 0.2) is 12.2 Å². The van der Waals surface area contributed by atoms with Gasteiger partial charge in [0.05, 0.1) is 0 Å². The summed E-state index contributed by atoms with van der Waals surface area (Å²) < 4.78 is 0. The zero-order valence-electron chi connectivity index (χ0n) is 10.8. The van der Waals surface area contributed by atoms with Crippen molar-refractivity contribution in [3.05, 3.63) is 12.2 Å². The molecule has 0 bridgehead atoms. The highest BCUT2D eigenvalue weighted by molar-refractivity contribution is 5.88. The minimum absolute atomic E-state index is 0.169. The molecule has 1 amide bonds. The fourth-order valence-electron chi connectivity index (χ4n) is 2.61. The molecule has 2 saturated heterocycles. The Morgan fingerprint density at radius 3 is 2.19 bits per heavy atom. The molecule has 2 aliphatic heterocycles. The van der Waals surface area contributed by atoms with Gasteiger partial charge in [0.25, 0.3) is 0 Å². The molecule has 0 aliphatic carbocycles. The van der Waals surface area contributed by atoms with Gasteiger partial charge in [-0.1, -0.05) is 6.08 Å². The standard InChI is InChI=1S/C13H22N2O/c1-5-6-11(16)14-7-13(8-14)9-15(10-13)12(2,3)4/h5-6H,7-10H2,1-4H3/b6-5+. The van der Waals surface area contributed by atoms with E-state index in [9.17, 15) is 4.79 Å². The quantitative estimate of drug-likeness (QED) is 0.628. The smallest absolute Gasteiger partial charge is 0.246 e. The molecule has 0 radical (unpaired) electrons. The molecular weight excluding hydrogens is 200 g/mol. The molecule has 1 spiro atoms. The van der Waals surface area contributed by atoms with Gasteiger partial charge in [0.1, 0.15) is 0 Å². The maximum absolute atomic E-state index is 11.6. The number of carbonyl (C=O) groups is 1. The number of nitrogens with zero attached hydrogens (tertiary/aromatic N) is 2. The minimum atomic E-state index is 0.169. The number of hydrogen-bond donors (Lipinski definition) is 0. The van der Waals surface area contributed by atoms with E-state index in [1.807, 2.05) is 17.9 Å². The number of amides is 1. The van der Waals surface area contributed by atoms with Gasteiger partial charge in [0.2, 0.25) is 5.91 Å². The van der Waals surface area contributed by atoms with Crippen molar-refractivity contribution in [2.24, 2.45) is 5.41 Å². The van der Waals surface area contributed by atoms with Crippen LogP contribution < -0.4 is 0 Å². The van der Waals surface area contributed by atoms with E-state index >= 15 is 0 Å². The lowest BCUT2D eigenvalue weighted by molar-refractivity contribution is -0.164. The van der Waals surface area contributed by atoms with Crippen molar-refractivity contribution in [1.29, 1.82) is 0 Å². The average Bonchev–Trinajstić information content (AvgIpc) is 1.96. The molecule has 0 unspecified atom stereocenters. The normalized spacial score (nSPS) is 24.6. The van der Waals surface area contributed by atoms with Crippen molar-refractivity contribution in [3.8, 4) is 0 Å². The van der Waals surface area contributed by atoms with E-state index in [0.29, 0.717) is 5.41 Å². The fourth-order valence-corrected chi connectivity index (χ4v) is 2.61. The molecule has 2 rings (SSSR count). The first-order chi connectivity index (χ1) is 7.36. The van der Waals surface area contributed by atoms with Gasteiger partial charge in [0, 0.05) is 37.1 Å². The van der Waals surface area contributed by atoms with Gasteiger partial charge in [0.15, 0.2) is 0 Å². The first-order valence-corrected chi connectivity index (χ1v) is 6.03. The summed E-state index contributed by atoms with van der Waals surface area (Å²) in [7, 11) is 0. The van der Waals surface area contributed by atoms with Crippen LogP contribution in [0.4, 0.5) is 0 Å². The van der Waals surface area contributed by atoms with Crippen LogP contribution in [0.3, 0.4) is 0 Å². The molecule has 3 nitrogen and oxygen atoms in total. The average molecular weight is 222 g/mol. The summed E-state index contributed by atoms with van der Waals surface area (Å²) in [6.45, 7) is 12.8. The topological polar surface area (TPSA) is 23.6 Å². The van der Waals surface area contributed by atoms with Gasteiger partial charge in [-0.15, -0.1) is 0 Å². The molecule has 0 aromatic rings. The number of hydrogen-bond acceptors (Lipinski definition) is 2. The molecule has 2 heterocycles. The zero-order valence-corrected chi connectivity index (χ0v) is 10.8. The second-order valence-corrected chi connectivity index (χ2v) is 6.22. The fraction of sp³-hybridized carbons (Fsp3) is 0.769. The molecule has 0 N–H and O–H groups in total. The van der Waals surface area contributed by atoms with Gasteiger partial charge in [-0.3, -0.25) is 9.69 Å². The number of allylic oxidation sites excluding steroid dienone is 1. The first kappa shape index (κ1) is 11.6. The summed E-state index contributed by atoms with van der Waals surface area (Å²) in [5.41, 5.74) is 0.698. The van der Waals surface area contributed by atoms with Crippen LogP contribution in [0.25, 0.3) is 0 Å². The Kier molecular flexibility index (Phi) is 2.61. The maximum atomic E-state index is 11.6. The van der Waals surface area contributed by atoms with E-state index in [2.05, 4.69) is 25.7 Å². The van der Waals surface area contributed by atoms with Gasteiger partial charge < -0.3 is 4.90 Å². The van der Waals surface area contributed by atoms with E-state index in [4.69, 9.17) is 0 Å². The Morgan fingerprint density at radius 2 is 1.75 bits per heavy atom. The van der Waals surface area contributed by atoms with Crippen LogP contribution >= 0.6 is 0 Å². The predicted molar refractivity (Wildman–Crippen MR) is 65.2 cm³/mol. The van der Waals surface area contributed by atoms with Crippen LogP contribution in [-0.2, 0) is 4.79 Å². The molecule has 90 valence electrons. The molecule has 0 aromatic heterocycles. The molecule has 2 aliphatic rings. The Hall–Kier alpha value is -0.830. The minimum Gasteiger partial charge on any atom is -0.338 e. The summed E-state index contributed by atoms with van der Waals surface area (Å²) in [6.07, 6.45) is 3.47. The Labute approximate surface area is 98.1 Å². The molecule has 0 aromatic carbocycles. The van der Waals surface area contributed by atoms with Gasteiger partial charge in [-0.2, -0.15) is 0 Å². The van der Waals surface area contributed by atoms with Crippen LogP contribution in [-0.4, -0.2) is 47.4 Å². The SMILES string of the molecule is C/C=C/C(=O)N1CC2(C1)CN(C(C)(C)C)C2. The summed E-state index contributed by atoms with van der Waals surface area (Å²) in [5, 5.41) is 0. The third-order valence-electron chi connectivity index (χ3n) is 3.67. The molecule has 0 atom stereocenters. The number of likely N-dealkylation sites (tertiary alicyclic amines) is 2. The van der Waals surface area contributed by atoms with Crippen molar-refractivity contribution >= 4 is 5.91 Å². The summed E-state index contributed by atoms with van der Waals surface area (Å²) in [6, 6.07) is 0. The van der Waals surface area contributed by atoms with Crippen LogP contribution in [0.1, 0.15) is 27.7 Å². The Bertz CT molecular complexity index is 313. The van der Waals surface area contributed by atoms with Crippen molar-refractivity contribution in [1.82, 2.24) is 9.80 Å². The van der Waals surface area contributed by atoms with Crippen molar-refractivity contribution in [3.63, 3.8) is 0 Å². The third-order valence-corrected chi connectivity index (χ3v) is 3.67. The Morgan fingerprint density at radius 1 is 1.19 bits per heavy atom. The zero-order chi connectivity index (χ0) is 12.0. The highest BCUT2D eigenvalue weighted by atomic mass is 16.2. The maximum Gasteiger partial charge on any atom is 0.246 e. The lowest BCUT2D eigenvalue weighted by atomic mass is 9.71. The molecule has 2 fully saturated rings. The molecule has 0 saturated carbocycles. The molecule has 3 heteroatoms. The van der Waals surface area contributed by atoms with Crippen molar-refractivity contribution in [2.45, 2.75) is 33.2 Å². The monoisotopic (exact) mass is 222 g/mol. The molecule has 16 heavy (non-hydrogen) atoms. The number of rotatable bonds is 1. The highest BCUT2D eigenvalue weighted by Gasteiger charge is 2.54. The second kappa shape index (κ2) is 3.59.